The van der Waals surface area contributed by atoms with Crippen molar-refractivity contribution >= 4 is 21.7 Å². The Labute approximate surface area is 61.9 Å². The van der Waals surface area contributed by atoms with Gasteiger partial charge in [-0.25, -0.2) is 0 Å². The summed E-state index contributed by atoms with van der Waals surface area (Å²) in [6.45, 7) is 1.83. The van der Waals surface area contributed by atoms with Crippen LogP contribution in [0, 0.1) is 12.3 Å². The van der Waals surface area contributed by atoms with Crippen LogP contribution in [0.3, 0.4) is 0 Å². The maximum atomic E-state index is 10.4. The van der Waals surface area contributed by atoms with Crippen LogP contribution in [0.4, 0.5) is 0 Å². The van der Waals surface area contributed by atoms with E-state index < -0.39 is 0 Å². The SMILES string of the molecule is C#CC[AsH]C(C)C(N)=O. The van der Waals surface area contributed by atoms with Gasteiger partial charge in [0, 0.05) is 0 Å². The van der Waals surface area contributed by atoms with Gasteiger partial charge < -0.3 is 0 Å². The zero-order chi connectivity index (χ0) is 7.28. The molecule has 0 aromatic heterocycles. The number of hydrogen-bond acceptors (Lipinski definition) is 1. The molecule has 1 amide bonds. The van der Waals surface area contributed by atoms with Crippen LogP contribution in [0.2, 0.25) is 9.91 Å². The number of hydrogen-bond donors (Lipinski definition) is 1. The zero-order valence-electron chi connectivity index (χ0n) is 5.35. The maximum absolute atomic E-state index is 10.4. The van der Waals surface area contributed by atoms with E-state index >= 15 is 0 Å². The van der Waals surface area contributed by atoms with Crippen molar-refractivity contribution in [2.75, 3.05) is 0 Å². The van der Waals surface area contributed by atoms with Crippen LogP contribution in [0.25, 0.3) is 0 Å². The van der Waals surface area contributed by atoms with Crippen LogP contribution < -0.4 is 5.73 Å². The van der Waals surface area contributed by atoms with E-state index in [2.05, 4.69) is 5.92 Å². The first-order valence-corrected chi connectivity index (χ1v) is 5.34. The zero-order valence-corrected chi connectivity index (χ0v) is 7.45. The fourth-order valence-corrected chi connectivity index (χ4v) is 1.62. The van der Waals surface area contributed by atoms with E-state index in [4.69, 9.17) is 12.2 Å². The van der Waals surface area contributed by atoms with Gasteiger partial charge in [-0.05, 0) is 0 Å². The molecule has 0 saturated heterocycles. The van der Waals surface area contributed by atoms with E-state index in [0.717, 1.165) is 5.21 Å². The monoisotopic (exact) mass is 187 g/mol. The first-order valence-electron chi connectivity index (χ1n) is 2.64. The number of nitrogens with two attached hydrogens (primary N) is 1. The summed E-state index contributed by atoms with van der Waals surface area (Å²) in [6.07, 6.45) is 5.01. The van der Waals surface area contributed by atoms with Gasteiger partial charge in [-0.1, -0.05) is 0 Å². The van der Waals surface area contributed by atoms with Gasteiger partial charge in [0.15, 0.2) is 0 Å². The van der Waals surface area contributed by atoms with Gasteiger partial charge in [-0.15, -0.1) is 0 Å². The van der Waals surface area contributed by atoms with E-state index in [1.165, 1.54) is 0 Å². The second-order valence-corrected chi connectivity index (χ2v) is 5.12. The standard InChI is InChI=1S/C6H10AsNO/c1-3-4-7-5(2)6(8)9/h1,5,7H,4H2,2H3,(H2,8,9). The molecule has 0 rings (SSSR count). The normalized spacial score (nSPS) is 13.3. The summed E-state index contributed by atoms with van der Waals surface area (Å²) in [7, 11) is 0. The van der Waals surface area contributed by atoms with Crippen molar-refractivity contribution < 1.29 is 4.79 Å². The van der Waals surface area contributed by atoms with Crippen molar-refractivity contribution in [2.24, 2.45) is 5.73 Å². The molecule has 0 aromatic rings. The molecule has 0 bridgehead atoms. The summed E-state index contributed by atoms with van der Waals surface area (Å²) in [6, 6.07) is 0. The quantitative estimate of drug-likeness (QED) is 0.481. The van der Waals surface area contributed by atoms with Crippen LogP contribution in [0.15, 0.2) is 0 Å². The van der Waals surface area contributed by atoms with Crippen molar-refractivity contribution in [3.05, 3.63) is 0 Å². The Hall–Kier alpha value is -0.412. The summed E-state index contributed by atoms with van der Waals surface area (Å²) in [5.41, 5.74) is 5.00. The van der Waals surface area contributed by atoms with Gasteiger partial charge in [-0.2, -0.15) is 0 Å². The first kappa shape index (κ1) is 8.59. The number of carbonyl (C=O) groups is 1. The Morgan fingerprint density at radius 3 is 2.89 bits per heavy atom. The van der Waals surface area contributed by atoms with Crippen molar-refractivity contribution in [1.29, 1.82) is 0 Å². The predicted octanol–water partition coefficient (Wildman–Crippen LogP) is -0.232. The van der Waals surface area contributed by atoms with Crippen molar-refractivity contribution in [3.8, 4) is 12.3 Å². The van der Waals surface area contributed by atoms with E-state index in [9.17, 15) is 4.79 Å². The Morgan fingerprint density at radius 2 is 2.56 bits per heavy atom. The molecule has 0 saturated carbocycles. The molecule has 3 heteroatoms. The van der Waals surface area contributed by atoms with E-state index in [-0.39, 0.29) is 26.4 Å². The number of terminal acetylenes is 1. The summed E-state index contributed by atoms with van der Waals surface area (Å²) in [5, 5.41) is 0.754. The minimum absolute atomic E-state index is 0.0426. The fraction of sp³-hybridized carbons (Fsp3) is 0.500. The van der Waals surface area contributed by atoms with Crippen LogP contribution in [0.1, 0.15) is 6.92 Å². The molecule has 0 fully saturated rings. The summed E-state index contributed by atoms with van der Waals surface area (Å²) in [4.78, 5) is 10.4. The molecule has 0 heterocycles. The molecule has 2 N–H and O–H groups in total. The van der Waals surface area contributed by atoms with Crippen LogP contribution in [-0.2, 0) is 4.79 Å². The second-order valence-electron chi connectivity index (χ2n) is 1.71. The second kappa shape index (κ2) is 4.47. The van der Waals surface area contributed by atoms with Gasteiger partial charge in [-0.3, -0.25) is 0 Å². The summed E-state index contributed by atoms with van der Waals surface area (Å²) >= 11 is -0.310. The molecule has 2 atom stereocenters. The predicted molar refractivity (Wildman–Crippen MR) is 39.4 cm³/mol. The van der Waals surface area contributed by atoms with Crippen molar-refractivity contribution in [1.82, 2.24) is 0 Å². The Bertz CT molecular complexity index is 138. The van der Waals surface area contributed by atoms with Crippen LogP contribution in [-0.4, -0.2) is 21.7 Å². The molecular formula is C6H10AsNO. The molecule has 0 aliphatic carbocycles. The van der Waals surface area contributed by atoms with Crippen molar-refractivity contribution in [3.63, 3.8) is 0 Å². The Kier molecular flexibility index (Phi) is 4.26. The topological polar surface area (TPSA) is 43.1 Å². The van der Waals surface area contributed by atoms with E-state index in [1.54, 1.807) is 0 Å². The molecule has 50 valence electrons. The van der Waals surface area contributed by atoms with E-state index in [0.29, 0.717) is 0 Å². The first-order chi connectivity index (χ1) is 4.18. The van der Waals surface area contributed by atoms with Gasteiger partial charge in [0.2, 0.25) is 0 Å². The molecule has 9 heavy (non-hydrogen) atoms. The molecule has 0 aliphatic heterocycles. The average Bonchev–Trinajstić information content (AvgIpc) is 1.82. The van der Waals surface area contributed by atoms with E-state index in [1.807, 2.05) is 6.92 Å². The number of amides is 1. The van der Waals surface area contributed by atoms with Gasteiger partial charge >= 0.3 is 61.4 Å². The molecule has 0 aromatic carbocycles. The number of carbonyl (C=O) groups excluding carboxylic acids is 1. The molecule has 0 spiro atoms. The summed E-state index contributed by atoms with van der Waals surface area (Å²) < 4.78 is 0.0426. The third kappa shape index (κ3) is 4.12. The molecule has 0 radical (unpaired) electrons. The van der Waals surface area contributed by atoms with Gasteiger partial charge in [0.1, 0.15) is 0 Å². The Morgan fingerprint density at radius 1 is 2.00 bits per heavy atom. The molecule has 2 nitrogen and oxygen atoms in total. The molecule has 0 aliphatic rings. The fourth-order valence-electron chi connectivity index (χ4n) is 0.313. The number of rotatable bonds is 3. The minimum atomic E-state index is -0.310. The molecular weight excluding hydrogens is 177 g/mol. The third-order valence-corrected chi connectivity index (χ3v) is 3.68. The Balaban J connectivity index is 3.41. The molecule has 2 unspecified atom stereocenters. The van der Waals surface area contributed by atoms with Gasteiger partial charge in [0.25, 0.3) is 0 Å². The van der Waals surface area contributed by atoms with Crippen molar-refractivity contribution in [2.45, 2.75) is 16.8 Å². The van der Waals surface area contributed by atoms with Crippen LogP contribution in [0.5, 0.6) is 0 Å². The average molecular weight is 187 g/mol. The summed E-state index contributed by atoms with van der Waals surface area (Å²) in [5.74, 6) is 2.28. The van der Waals surface area contributed by atoms with Crippen LogP contribution >= 0.6 is 0 Å². The third-order valence-electron chi connectivity index (χ3n) is 0.937. The van der Waals surface area contributed by atoms with Gasteiger partial charge in [0.05, 0.1) is 0 Å². The number of primary amides is 1.